The minimum atomic E-state index is -0.511. The van der Waals surface area contributed by atoms with E-state index in [0.29, 0.717) is 11.5 Å². The van der Waals surface area contributed by atoms with Crippen molar-refractivity contribution in [3.05, 3.63) is 83.7 Å². The lowest BCUT2D eigenvalue weighted by atomic mass is 10.1. The van der Waals surface area contributed by atoms with E-state index in [1.807, 2.05) is 25.1 Å². The number of carbonyl (C=O) groups excluding carboxylic acids is 1. The predicted octanol–water partition coefficient (Wildman–Crippen LogP) is 6.01. The Kier molecular flexibility index (Phi) is 5.25. The molecule has 6 heteroatoms. The van der Waals surface area contributed by atoms with Gasteiger partial charge in [0.2, 0.25) is 5.91 Å². The van der Waals surface area contributed by atoms with Gasteiger partial charge in [-0.15, -0.1) is 11.3 Å². The van der Waals surface area contributed by atoms with Gasteiger partial charge in [0.1, 0.15) is 17.3 Å². The molecule has 0 unspecified atom stereocenters. The molecule has 4 rings (SSSR count). The van der Waals surface area contributed by atoms with E-state index in [0.717, 1.165) is 31.7 Å². The van der Waals surface area contributed by atoms with Crippen LogP contribution in [0.3, 0.4) is 0 Å². The van der Waals surface area contributed by atoms with E-state index in [-0.39, 0.29) is 11.6 Å². The lowest BCUT2D eigenvalue weighted by Crippen LogP contribution is -2.04. The van der Waals surface area contributed by atoms with Gasteiger partial charge in [0.05, 0.1) is 4.88 Å². The molecule has 0 aliphatic heterocycles. The van der Waals surface area contributed by atoms with Crippen molar-refractivity contribution in [2.45, 2.75) is 6.92 Å². The van der Waals surface area contributed by atoms with Crippen LogP contribution in [0.1, 0.15) is 11.1 Å². The molecule has 3 N–H and O–H groups in total. The van der Waals surface area contributed by atoms with Gasteiger partial charge in [0.25, 0.3) is 0 Å². The van der Waals surface area contributed by atoms with Crippen molar-refractivity contribution >= 4 is 33.4 Å². The average molecular weight is 419 g/mol. The van der Waals surface area contributed by atoms with Crippen LogP contribution >= 0.6 is 11.3 Å². The number of halogens is 1. The second-order valence-electron chi connectivity index (χ2n) is 6.81. The lowest BCUT2D eigenvalue weighted by Gasteiger charge is -2.10. The Morgan fingerprint density at radius 1 is 1.10 bits per heavy atom. The van der Waals surface area contributed by atoms with Crippen LogP contribution in [0.25, 0.3) is 26.6 Å². The highest BCUT2D eigenvalue weighted by Crippen LogP contribution is 2.47. The summed E-state index contributed by atoms with van der Waals surface area (Å²) in [7, 11) is 0. The first kappa shape index (κ1) is 19.7. The summed E-state index contributed by atoms with van der Waals surface area (Å²) < 4.78 is 20.7. The monoisotopic (exact) mass is 419 g/mol. The van der Waals surface area contributed by atoms with E-state index in [1.54, 1.807) is 36.4 Å². The smallest absolute Gasteiger partial charge is 0.241 e. The fourth-order valence-electron chi connectivity index (χ4n) is 3.17. The number of rotatable bonds is 5. The van der Waals surface area contributed by atoms with Crippen LogP contribution in [-0.4, -0.2) is 11.0 Å². The Labute approximate surface area is 176 Å². The molecular weight excluding hydrogens is 401 g/mol. The summed E-state index contributed by atoms with van der Waals surface area (Å²) in [6, 6.07) is 17.0. The maximum absolute atomic E-state index is 13.6. The molecule has 0 bridgehead atoms. The van der Waals surface area contributed by atoms with Gasteiger partial charge in [-0.2, -0.15) is 0 Å². The number of aromatic hydroxyl groups is 1. The second-order valence-corrected chi connectivity index (χ2v) is 7.86. The number of phenols is 1. The van der Waals surface area contributed by atoms with Crippen molar-refractivity contribution in [3.63, 3.8) is 0 Å². The summed E-state index contributed by atoms with van der Waals surface area (Å²) in [6.07, 6.45) is 2.92. The van der Waals surface area contributed by atoms with Crippen LogP contribution in [0.5, 0.6) is 17.2 Å². The van der Waals surface area contributed by atoms with Gasteiger partial charge in [-0.05, 0) is 72.2 Å². The molecule has 0 atom stereocenters. The molecular formula is C24H18FNO3S. The molecule has 1 heterocycles. The fraction of sp³-hybridized carbons (Fsp3) is 0.0417. The Balaban J connectivity index is 1.78. The zero-order valence-corrected chi connectivity index (χ0v) is 16.9. The Bertz CT molecular complexity index is 1280. The summed E-state index contributed by atoms with van der Waals surface area (Å²) in [5, 5.41) is 10.7. The number of hydrogen-bond donors (Lipinski definition) is 2. The number of phenolic OH excluding ortho intramolecular Hbond substituents is 1. The number of primary amides is 1. The van der Waals surface area contributed by atoms with Crippen LogP contribution < -0.4 is 10.5 Å². The molecule has 3 aromatic carbocycles. The Hall–Kier alpha value is -3.64. The number of aryl methyl sites for hydroxylation is 1. The third-order valence-electron chi connectivity index (χ3n) is 4.60. The van der Waals surface area contributed by atoms with Crippen molar-refractivity contribution < 1.29 is 19.0 Å². The molecule has 30 heavy (non-hydrogen) atoms. The third kappa shape index (κ3) is 4.04. The first-order valence-corrected chi connectivity index (χ1v) is 10.00. The zero-order valence-electron chi connectivity index (χ0n) is 16.1. The summed E-state index contributed by atoms with van der Waals surface area (Å²) in [6.45, 7) is 1.85. The van der Waals surface area contributed by atoms with Crippen LogP contribution in [0, 0.1) is 12.7 Å². The number of hydrogen-bond acceptors (Lipinski definition) is 4. The average Bonchev–Trinajstić information content (AvgIpc) is 3.04. The molecule has 4 aromatic rings. The molecule has 0 aliphatic rings. The SMILES string of the molecule is Cc1cc(F)ccc1-c1sc2cc(O)ccc2c1Oc1ccc(/C=C/C(N)=O)cc1. The molecule has 1 aromatic heterocycles. The Morgan fingerprint density at radius 2 is 1.87 bits per heavy atom. The second kappa shape index (κ2) is 8.00. The lowest BCUT2D eigenvalue weighted by molar-refractivity contribution is -0.113. The van der Waals surface area contributed by atoms with Gasteiger partial charge in [0.15, 0.2) is 5.75 Å². The fourth-order valence-corrected chi connectivity index (χ4v) is 4.42. The number of ether oxygens (including phenoxy) is 1. The summed E-state index contributed by atoms with van der Waals surface area (Å²) in [5.41, 5.74) is 7.61. The van der Waals surface area contributed by atoms with Crippen LogP contribution in [0.4, 0.5) is 4.39 Å². The van der Waals surface area contributed by atoms with E-state index in [4.69, 9.17) is 10.5 Å². The molecule has 0 fully saturated rings. The molecule has 1 amide bonds. The molecule has 4 nitrogen and oxygen atoms in total. The molecule has 0 radical (unpaired) electrons. The number of nitrogens with two attached hydrogens (primary N) is 1. The van der Waals surface area contributed by atoms with Gasteiger partial charge in [-0.1, -0.05) is 18.2 Å². The van der Waals surface area contributed by atoms with Crippen molar-refractivity contribution in [1.82, 2.24) is 0 Å². The van der Waals surface area contributed by atoms with E-state index in [9.17, 15) is 14.3 Å². The highest BCUT2D eigenvalue weighted by Gasteiger charge is 2.18. The highest BCUT2D eigenvalue weighted by atomic mass is 32.1. The standard InChI is InChI=1S/C24H18FNO3S/c1-14-12-16(25)5-9-19(14)24-23(20-10-6-17(27)13-21(20)30-24)29-18-7-2-15(3-8-18)4-11-22(26)28/h2-13,27H,1H3,(H2,26,28)/b11-4+. The molecule has 0 spiro atoms. The predicted molar refractivity (Wildman–Crippen MR) is 118 cm³/mol. The van der Waals surface area contributed by atoms with Crippen LogP contribution in [-0.2, 0) is 4.79 Å². The maximum Gasteiger partial charge on any atom is 0.241 e. The minimum absolute atomic E-state index is 0.170. The molecule has 150 valence electrons. The van der Waals surface area contributed by atoms with Crippen molar-refractivity contribution in [2.75, 3.05) is 0 Å². The van der Waals surface area contributed by atoms with Crippen molar-refractivity contribution in [2.24, 2.45) is 5.73 Å². The topological polar surface area (TPSA) is 72.6 Å². The van der Waals surface area contributed by atoms with Crippen LogP contribution in [0.15, 0.2) is 66.7 Å². The normalized spacial score (nSPS) is 11.3. The summed E-state index contributed by atoms with van der Waals surface area (Å²) in [5.74, 6) is 0.619. The maximum atomic E-state index is 13.6. The van der Waals surface area contributed by atoms with E-state index >= 15 is 0 Å². The third-order valence-corrected chi connectivity index (χ3v) is 5.77. The van der Waals surface area contributed by atoms with Gasteiger partial charge in [0, 0.05) is 16.2 Å². The number of amides is 1. The Morgan fingerprint density at radius 3 is 2.57 bits per heavy atom. The van der Waals surface area contributed by atoms with Gasteiger partial charge in [-0.3, -0.25) is 4.79 Å². The highest BCUT2D eigenvalue weighted by molar-refractivity contribution is 7.22. The number of carbonyl (C=O) groups is 1. The quantitative estimate of drug-likeness (QED) is 0.389. The van der Waals surface area contributed by atoms with E-state index < -0.39 is 5.91 Å². The number of benzene rings is 3. The van der Waals surface area contributed by atoms with Gasteiger partial charge >= 0.3 is 0 Å². The largest absolute Gasteiger partial charge is 0.508 e. The van der Waals surface area contributed by atoms with Gasteiger partial charge in [-0.25, -0.2) is 4.39 Å². The van der Waals surface area contributed by atoms with Crippen molar-refractivity contribution in [3.8, 4) is 27.7 Å². The zero-order chi connectivity index (χ0) is 21.3. The molecule has 0 saturated carbocycles. The summed E-state index contributed by atoms with van der Waals surface area (Å²) in [4.78, 5) is 11.7. The van der Waals surface area contributed by atoms with E-state index in [2.05, 4.69) is 0 Å². The molecule has 0 aliphatic carbocycles. The first-order chi connectivity index (χ1) is 14.4. The van der Waals surface area contributed by atoms with E-state index in [1.165, 1.54) is 29.5 Å². The summed E-state index contributed by atoms with van der Waals surface area (Å²) >= 11 is 1.47. The molecule has 0 saturated heterocycles. The van der Waals surface area contributed by atoms with Gasteiger partial charge < -0.3 is 15.6 Å². The number of thiophene rings is 1. The number of fused-ring (bicyclic) bond motifs is 1. The minimum Gasteiger partial charge on any atom is -0.508 e. The first-order valence-electron chi connectivity index (χ1n) is 9.18. The van der Waals surface area contributed by atoms with Crippen molar-refractivity contribution in [1.29, 1.82) is 0 Å². The van der Waals surface area contributed by atoms with Crippen LogP contribution in [0.2, 0.25) is 0 Å².